The number of rotatable bonds is 1. The van der Waals surface area contributed by atoms with Gasteiger partial charge in [-0.3, -0.25) is 0 Å². The normalized spacial score (nSPS) is 10.6. The summed E-state index contributed by atoms with van der Waals surface area (Å²) in [5.74, 6) is 0.222. The van der Waals surface area contributed by atoms with Crippen molar-refractivity contribution in [2.75, 3.05) is 0 Å². The maximum atomic E-state index is 9.78. The van der Waals surface area contributed by atoms with E-state index < -0.39 is 0 Å². The van der Waals surface area contributed by atoms with Crippen LogP contribution in [0.25, 0.3) is 22.2 Å². The fraction of sp³-hybridized carbons (Fsp3) is 0. The first-order chi connectivity index (χ1) is 8.34. The number of phenols is 1. The highest BCUT2D eigenvalue weighted by atomic mass is 16.3. The van der Waals surface area contributed by atoms with Crippen molar-refractivity contribution in [3.8, 4) is 17.0 Å². The monoisotopic (exact) mass is 221 g/mol. The molecule has 17 heavy (non-hydrogen) atoms. The van der Waals surface area contributed by atoms with Crippen molar-refractivity contribution >= 4 is 10.9 Å². The molecule has 0 unspecified atom stereocenters. The molecule has 0 atom stereocenters. The third-order valence-electron chi connectivity index (χ3n) is 2.77. The molecule has 2 aromatic carbocycles. The van der Waals surface area contributed by atoms with Gasteiger partial charge in [0.15, 0.2) is 0 Å². The fourth-order valence-corrected chi connectivity index (χ4v) is 1.90. The molecule has 0 saturated carbocycles. The summed E-state index contributed by atoms with van der Waals surface area (Å²) >= 11 is 0. The summed E-state index contributed by atoms with van der Waals surface area (Å²) in [6, 6.07) is 19.3. The summed E-state index contributed by atoms with van der Waals surface area (Å²) in [4.78, 5) is 4.50. The lowest BCUT2D eigenvalue weighted by atomic mass is 10.1. The van der Waals surface area contributed by atoms with E-state index in [-0.39, 0.29) is 5.75 Å². The molecule has 0 saturated heterocycles. The second-order valence-corrected chi connectivity index (χ2v) is 3.91. The number of para-hydroxylation sites is 1. The Morgan fingerprint density at radius 3 is 2.41 bits per heavy atom. The predicted octanol–water partition coefficient (Wildman–Crippen LogP) is 3.61. The number of benzene rings is 2. The Hall–Kier alpha value is -2.35. The van der Waals surface area contributed by atoms with Crippen LogP contribution in [0.4, 0.5) is 0 Å². The van der Waals surface area contributed by atoms with Gasteiger partial charge in [-0.2, -0.15) is 0 Å². The Bertz CT molecular complexity index is 662. The van der Waals surface area contributed by atoms with Gasteiger partial charge in [0.05, 0.1) is 5.69 Å². The molecule has 2 heteroatoms. The molecule has 1 N–H and O–H groups in total. The van der Waals surface area contributed by atoms with E-state index in [1.54, 1.807) is 6.07 Å². The Labute approximate surface area is 99.2 Å². The number of fused-ring (bicyclic) bond motifs is 1. The first-order valence-electron chi connectivity index (χ1n) is 5.49. The molecule has 0 aliphatic carbocycles. The zero-order valence-corrected chi connectivity index (χ0v) is 9.17. The van der Waals surface area contributed by atoms with Crippen LogP contribution in [0, 0.1) is 0 Å². The minimum absolute atomic E-state index is 0.222. The number of hydrogen-bond acceptors (Lipinski definition) is 2. The Kier molecular flexibility index (Phi) is 2.26. The van der Waals surface area contributed by atoms with Gasteiger partial charge in [-0.1, -0.05) is 48.5 Å². The third kappa shape index (κ3) is 1.74. The highest BCUT2D eigenvalue weighted by molar-refractivity contribution is 5.86. The van der Waals surface area contributed by atoms with Gasteiger partial charge in [0.2, 0.25) is 0 Å². The quantitative estimate of drug-likeness (QED) is 0.681. The first kappa shape index (κ1) is 9.85. The second kappa shape index (κ2) is 3.91. The average molecular weight is 221 g/mol. The molecule has 0 aliphatic heterocycles. The molecule has 0 fully saturated rings. The Balaban J connectivity index is 2.23. The molecule has 0 spiro atoms. The van der Waals surface area contributed by atoms with E-state index in [4.69, 9.17) is 0 Å². The molecule has 3 rings (SSSR count). The molecule has 82 valence electrons. The summed E-state index contributed by atoms with van der Waals surface area (Å²) in [5.41, 5.74) is 2.58. The van der Waals surface area contributed by atoms with Gasteiger partial charge >= 0.3 is 0 Å². The van der Waals surface area contributed by atoms with Gasteiger partial charge < -0.3 is 5.11 Å². The largest absolute Gasteiger partial charge is 0.506 e. The molecule has 0 amide bonds. The molecule has 1 heterocycles. The minimum Gasteiger partial charge on any atom is -0.506 e. The van der Waals surface area contributed by atoms with Crippen molar-refractivity contribution in [2.24, 2.45) is 0 Å². The smallest absolute Gasteiger partial charge is 0.141 e. The summed E-state index contributed by atoms with van der Waals surface area (Å²) in [6.07, 6.45) is 0. The van der Waals surface area contributed by atoms with Crippen LogP contribution in [-0.4, -0.2) is 10.1 Å². The highest BCUT2D eigenvalue weighted by Crippen LogP contribution is 2.26. The van der Waals surface area contributed by atoms with E-state index >= 15 is 0 Å². The van der Waals surface area contributed by atoms with Crippen LogP contribution in [0.1, 0.15) is 0 Å². The van der Waals surface area contributed by atoms with Crippen LogP contribution >= 0.6 is 0 Å². The van der Waals surface area contributed by atoms with Crippen LogP contribution in [0.5, 0.6) is 5.75 Å². The van der Waals surface area contributed by atoms with Gasteiger partial charge in [-0.15, -0.1) is 0 Å². The zero-order chi connectivity index (χ0) is 11.7. The Morgan fingerprint density at radius 2 is 1.59 bits per heavy atom. The van der Waals surface area contributed by atoms with Crippen molar-refractivity contribution in [3.05, 3.63) is 60.7 Å². The molecule has 2 nitrogen and oxygen atoms in total. The van der Waals surface area contributed by atoms with Gasteiger partial charge in [-0.25, -0.2) is 4.98 Å². The zero-order valence-electron chi connectivity index (χ0n) is 9.17. The van der Waals surface area contributed by atoms with E-state index in [1.165, 1.54) is 0 Å². The minimum atomic E-state index is 0.222. The van der Waals surface area contributed by atoms with Gasteiger partial charge in [-0.05, 0) is 12.1 Å². The molecule has 0 bridgehead atoms. The van der Waals surface area contributed by atoms with Gasteiger partial charge in [0, 0.05) is 10.9 Å². The molecular weight excluding hydrogens is 210 g/mol. The van der Waals surface area contributed by atoms with Crippen LogP contribution < -0.4 is 0 Å². The number of aromatic nitrogens is 1. The van der Waals surface area contributed by atoms with Crippen LogP contribution in [0.15, 0.2) is 60.7 Å². The predicted molar refractivity (Wildman–Crippen MR) is 68.8 cm³/mol. The number of aromatic hydroxyl groups is 1. The maximum Gasteiger partial charge on any atom is 0.141 e. The van der Waals surface area contributed by atoms with Gasteiger partial charge in [0.1, 0.15) is 11.3 Å². The summed E-state index contributed by atoms with van der Waals surface area (Å²) in [6.45, 7) is 0. The third-order valence-corrected chi connectivity index (χ3v) is 2.77. The van der Waals surface area contributed by atoms with Crippen LogP contribution in [-0.2, 0) is 0 Å². The van der Waals surface area contributed by atoms with Crippen LogP contribution in [0.3, 0.4) is 0 Å². The molecule has 1 aromatic heterocycles. The molecule has 0 radical (unpaired) electrons. The van der Waals surface area contributed by atoms with Crippen molar-refractivity contribution in [3.63, 3.8) is 0 Å². The van der Waals surface area contributed by atoms with E-state index in [1.807, 2.05) is 54.6 Å². The summed E-state index contributed by atoms with van der Waals surface area (Å²) in [5, 5.41) is 10.7. The van der Waals surface area contributed by atoms with Gasteiger partial charge in [0.25, 0.3) is 0 Å². The second-order valence-electron chi connectivity index (χ2n) is 3.91. The first-order valence-corrected chi connectivity index (χ1v) is 5.49. The Morgan fingerprint density at radius 1 is 0.765 bits per heavy atom. The molecule has 3 aromatic rings. The number of pyridine rings is 1. The molecular formula is C15H11NO. The lowest BCUT2D eigenvalue weighted by Crippen LogP contribution is -1.85. The van der Waals surface area contributed by atoms with Crippen molar-refractivity contribution in [1.82, 2.24) is 4.98 Å². The van der Waals surface area contributed by atoms with Crippen molar-refractivity contribution in [1.29, 1.82) is 0 Å². The lowest BCUT2D eigenvalue weighted by molar-refractivity contribution is 0.480. The van der Waals surface area contributed by atoms with Crippen LogP contribution in [0.2, 0.25) is 0 Å². The highest BCUT2D eigenvalue weighted by Gasteiger charge is 2.03. The van der Waals surface area contributed by atoms with E-state index in [2.05, 4.69) is 4.98 Å². The summed E-state index contributed by atoms with van der Waals surface area (Å²) in [7, 11) is 0. The van der Waals surface area contributed by atoms with E-state index in [0.29, 0.717) is 5.52 Å². The number of phenolic OH excluding ortho intramolecular Hbond substituents is 1. The van der Waals surface area contributed by atoms with E-state index in [9.17, 15) is 5.11 Å². The van der Waals surface area contributed by atoms with E-state index in [0.717, 1.165) is 16.6 Å². The topological polar surface area (TPSA) is 33.1 Å². The summed E-state index contributed by atoms with van der Waals surface area (Å²) < 4.78 is 0. The average Bonchev–Trinajstić information content (AvgIpc) is 2.40. The maximum absolute atomic E-state index is 9.78. The fourth-order valence-electron chi connectivity index (χ4n) is 1.90. The SMILES string of the molecule is Oc1cccc2ccc(-c3ccccc3)nc12. The lowest BCUT2D eigenvalue weighted by Gasteiger charge is -2.04. The number of hydrogen-bond donors (Lipinski definition) is 1. The standard InChI is InChI=1S/C15H11NO/c17-14-8-4-7-12-9-10-13(16-15(12)14)11-5-2-1-3-6-11/h1-10,17H. The van der Waals surface area contributed by atoms with Crippen molar-refractivity contribution < 1.29 is 5.11 Å². The number of nitrogens with zero attached hydrogens (tertiary/aromatic N) is 1. The van der Waals surface area contributed by atoms with Crippen molar-refractivity contribution in [2.45, 2.75) is 0 Å². The molecule has 0 aliphatic rings.